The lowest BCUT2D eigenvalue weighted by Crippen LogP contribution is -2.50. The van der Waals surface area contributed by atoms with E-state index in [-0.39, 0.29) is 31.8 Å². The molecular weight excluding hydrogens is 518 g/mol. The van der Waals surface area contributed by atoms with Crippen LogP contribution in [0, 0.1) is 0 Å². The van der Waals surface area contributed by atoms with Crippen LogP contribution < -0.4 is 32.7 Å². The molecule has 0 saturated heterocycles. The van der Waals surface area contributed by atoms with Crippen molar-refractivity contribution >= 4 is 46.1 Å². The molecule has 1 aromatic carbocycles. The molecule has 4 amide bonds. The molecule has 4 atom stereocenters. The van der Waals surface area contributed by atoms with Crippen LogP contribution in [0.15, 0.2) is 30.5 Å². The van der Waals surface area contributed by atoms with Gasteiger partial charge in [-0.05, 0) is 46.5 Å². The summed E-state index contributed by atoms with van der Waals surface area (Å²) >= 11 is 0. The monoisotopic (exact) mass is 561 g/mol. The maximum absolute atomic E-state index is 12.3. The fraction of sp³-hybridized carbons (Fsp3) is 0.481. The van der Waals surface area contributed by atoms with Gasteiger partial charge in [0.05, 0.1) is 37.0 Å². The van der Waals surface area contributed by atoms with E-state index in [2.05, 4.69) is 26.3 Å². The van der Waals surface area contributed by atoms with Crippen LogP contribution in [0.1, 0.15) is 46.6 Å². The minimum Gasteiger partial charge on any atom is -0.370 e. The average molecular weight is 562 g/mol. The molecule has 40 heavy (non-hydrogen) atoms. The van der Waals surface area contributed by atoms with Crippen LogP contribution in [0.3, 0.4) is 0 Å². The van der Waals surface area contributed by atoms with Gasteiger partial charge < -0.3 is 37.7 Å². The van der Waals surface area contributed by atoms with Crippen molar-refractivity contribution < 1.29 is 28.8 Å². The number of carbonyl (C=O) groups excluding carboxylic acids is 6. The third-order valence-electron chi connectivity index (χ3n) is 6.02. The third-order valence-corrected chi connectivity index (χ3v) is 6.02. The maximum atomic E-state index is 12.3. The lowest BCUT2D eigenvalue weighted by atomic mass is 10.0. The predicted octanol–water partition coefficient (Wildman–Crippen LogP) is -0.573. The van der Waals surface area contributed by atoms with Crippen LogP contribution in [-0.4, -0.2) is 78.4 Å². The number of benzene rings is 1. The summed E-state index contributed by atoms with van der Waals surface area (Å²) in [6, 6.07) is 5.09. The molecule has 1 aromatic heterocycles. The second kappa shape index (κ2) is 17.5. The average Bonchev–Trinajstić information content (AvgIpc) is 3.27. The van der Waals surface area contributed by atoms with E-state index in [1.807, 2.05) is 30.5 Å². The van der Waals surface area contributed by atoms with Gasteiger partial charge in [-0.1, -0.05) is 25.6 Å². The Bertz CT molecular complexity index is 1180. The highest BCUT2D eigenvalue weighted by Gasteiger charge is 2.25. The highest BCUT2D eigenvalue weighted by molar-refractivity contribution is 5.93. The van der Waals surface area contributed by atoms with E-state index >= 15 is 0 Å². The van der Waals surface area contributed by atoms with Crippen LogP contribution in [0.5, 0.6) is 0 Å². The van der Waals surface area contributed by atoms with Crippen molar-refractivity contribution in [2.75, 3.05) is 14.1 Å². The Kier molecular flexibility index (Phi) is 15.7. The summed E-state index contributed by atoms with van der Waals surface area (Å²) in [4.78, 5) is 71.4. The van der Waals surface area contributed by atoms with E-state index in [9.17, 15) is 28.8 Å². The molecular formula is C27H43N7O6. The Morgan fingerprint density at radius 2 is 1.30 bits per heavy atom. The standard InChI is InChI=1S/C17H22N4O3.C9H17N3O3.CH4/c1-10(22)14(21-17(24)15(19-2)8-16(18)23)7-11-9-20-13-6-4-3-5-12(11)13;1-5(6(2)13)12-9(15)7(11-3)4-8(10)14;/h3-6,9,14-15,19-20H,7-8H2,1-2H3,(H2,18,23)(H,21,24);5,7,11H,4H2,1-3H3,(H2,10,14)(H,12,15);1H4. The number of likely N-dealkylation sites (N-methyl/N-ethyl adjacent to an activating group) is 2. The number of aromatic amines is 1. The van der Waals surface area contributed by atoms with Crippen molar-refractivity contribution in [1.82, 2.24) is 26.3 Å². The molecule has 13 nitrogen and oxygen atoms in total. The van der Waals surface area contributed by atoms with Crippen LogP contribution in [0.4, 0.5) is 0 Å². The molecule has 4 unspecified atom stereocenters. The number of hydrogen-bond acceptors (Lipinski definition) is 8. The van der Waals surface area contributed by atoms with Gasteiger partial charge in [-0.3, -0.25) is 28.8 Å². The minimum atomic E-state index is -0.757. The van der Waals surface area contributed by atoms with E-state index < -0.39 is 47.8 Å². The van der Waals surface area contributed by atoms with Gasteiger partial charge in [0, 0.05) is 23.5 Å². The SMILES string of the molecule is C.CNC(CC(N)=O)C(=O)NC(C)C(C)=O.CNC(CC(N)=O)C(=O)NC(Cc1c[nH]c2ccccc12)C(C)=O. The summed E-state index contributed by atoms with van der Waals surface area (Å²) in [5.41, 5.74) is 12.0. The predicted molar refractivity (Wildman–Crippen MR) is 153 cm³/mol. The number of primary amides is 2. The zero-order chi connectivity index (χ0) is 29.7. The van der Waals surface area contributed by atoms with Crippen molar-refractivity contribution in [3.05, 3.63) is 36.0 Å². The van der Waals surface area contributed by atoms with E-state index in [1.165, 1.54) is 13.8 Å². The van der Waals surface area contributed by atoms with Crippen molar-refractivity contribution in [3.63, 3.8) is 0 Å². The van der Waals surface area contributed by atoms with Gasteiger partial charge in [-0.2, -0.15) is 0 Å². The normalized spacial score (nSPS) is 13.3. The molecule has 2 rings (SSSR count). The van der Waals surface area contributed by atoms with Gasteiger partial charge in [-0.15, -0.1) is 0 Å². The van der Waals surface area contributed by atoms with Gasteiger partial charge in [0.25, 0.3) is 0 Å². The second-order valence-corrected chi connectivity index (χ2v) is 9.10. The Balaban J connectivity index is 0.000000828. The van der Waals surface area contributed by atoms with Gasteiger partial charge in [0.2, 0.25) is 23.6 Å². The van der Waals surface area contributed by atoms with Crippen molar-refractivity contribution in [3.8, 4) is 0 Å². The smallest absolute Gasteiger partial charge is 0.238 e. The number of H-pyrrole nitrogens is 1. The van der Waals surface area contributed by atoms with Gasteiger partial charge >= 0.3 is 0 Å². The number of ketones is 2. The van der Waals surface area contributed by atoms with E-state index in [0.29, 0.717) is 6.42 Å². The van der Waals surface area contributed by atoms with Crippen molar-refractivity contribution in [2.45, 2.75) is 71.6 Å². The molecule has 2 aromatic rings. The Hall–Kier alpha value is -4.10. The quantitative estimate of drug-likeness (QED) is 0.158. The van der Waals surface area contributed by atoms with Crippen LogP contribution in [-0.2, 0) is 35.2 Å². The number of fused-ring (bicyclic) bond motifs is 1. The minimum absolute atomic E-state index is 0. The summed E-state index contributed by atoms with van der Waals surface area (Å²) in [6.07, 6.45) is 2.00. The summed E-state index contributed by atoms with van der Waals surface area (Å²) in [6.45, 7) is 4.40. The molecule has 222 valence electrons. The second-order valence-electron chi connectivity index (χ2n) is 9.10. The topological polar surface area (TPSA) is 218 Å². The van der Waals surface area contributed by atoms with Crippen molar-refractivity contribution in [2.24, 2.45) is 11.5 Å². The molecule has 0 saturated carbocycles. The Labute approximate surface area is 234 Å². The number of carbonyl (C=O) groups is 6. The molecule has 0 aliphatic carbocycles. The zero-order valence-corrected chi connectivity index (χ0v) is 22.9. The van der Waals surface area contributed by atoms with Crippen LogP contribution in [0.2, 0.25) is 0 Å². The molecule has 0 fully saturated rings. The Morgan fingerprint density at radius 3 is 1.75 bits per heavy atom. The lowest BCUT2D eigenvalue weighted by Gasteiger charge is -2.20. The first-order valence-electron chi connectivity index (χ1n) is 12.4. The first-order chi connectivity index (χ1) is 18.3. The number of amides is 4. The maximum Gasteiger partial charge on any atom is 0.238 e. The Morgan fingerprint density at radius 1 is 0.800 bits per heavy atom. The molecule has 0 bridgehead atoms. The molecule has 0 radical (unpaired) electrons. The highest BCUT2D eigenvalue weighted by atomic mass is 16.2. The molecule has 1 heterocycles. The number of nitrogens with two attached hydrogens (primary N) is 2. The van der Waals surface area contributed by atoms with Gasteiger partial charge in [0.1, 0.15) is 0 Å². The van der Waals surface area contributed by atoms with Gasteiger partial charge in [-0.25, -0.2) is 0 Å². The summed E-state index contributed by atoms with van der Waals surface area (Å²) in [5.74, 6) is -2.27. The van der Waals surface area contributed by atoms with E-state index in [0.717, 1.165) is 16.5 Å². The zero-order valence-electron chi connectivity index (χ0n) is 22.9. The van der Waals surface area contributed by atoms with Crippen LogP contribution >= 0.6 is 0 Å². The van der Waals surface area contributed by atoms with E-state index in [4.69, 9.17) is 11.5 Å². The lowest BCUT2D eigenvalue weighted by molar-refractivity contribution is -0.130. The van der Waals surface area contributed by atoms with Crippen LogP contribution in [0.25, 0.3) is 10.9 Å². The molecule has 0 aliphatic heterocycles. The summed E-state index contributed by atoms with van der Waals surface area (Å²) in [5, 5.41) is 11.6. The first-order valence-corrected chi connectivity index (χ1v) is 12.4. The van der Waals surface area contributed by atoms with E-state index in [1.54, 1.807) is 21.0 Å². The number of para-hydroxylation sites is 1. The molecule has 13 heteroatoms. The number of hydrogen-bond donors (Lipinski definition) is 7. The number of nitrogens with one attached hydrogen (secondary N) is 5. The highest BCUT2D eigenvalue weighted by Crippen LogP contribution is 2.19. The van der Waals surface area contributed by atoms with Gasteiger partial charge in [0.15, 0.2) is 11.6 Å². The van der Waals surface area contributed by atoms with Crippen molar-refractivity contribution in [1.29, 1.82) is 0 Å². The third kappa shape index (κ3) is 11.7. The largest absolute Gasteiger partial charge is 0.370 e. The summed E-state index contributed by atoms with van der Waals surface area (Å²) in [7, 11) is 3.11. The number of rotatable bonds is 14. The molecule has 9 N–H and O–H groups in total. The molecule has 0 aliphatic rings. The molecule has 0 spiro atoms. The number of aromatic nitrogens is 1. The fourth-order valence-electron chi connectivity index (χ4n) is 3.56. The number of Topliss-reactive ketones (excluding diaryl/α,β-unsaturated/α-hetero) is 2. The summed E-state index contributed by atoms with van der Waals surface area (Å²) < 4.78 is 0. The fourth-order valence-corrected chi connectivity index (χ4v) is 3.56. The first kappa shape index (κ1) is 35.9.